The van der Waals surface area contributed by atoms with Crippen LogP contribution in [-0.2, 0) is 0 Å². The Morgan fingerprint density at radius 3 is 2.60 bits per heavy atom. The van der Waals surface area contributed by atoms with Gasteiger partial charge in [0.15, 0.2) is 0 Å². The van der Waals surface area contributed by atoms with Crippen molar-refractivity contribution < 1.29 is 0 Å². The van der Waals surface area contributed by atoms with E-state index in [-0.39, 0.29) is 0 Å². The maximum absolute atomic E-state index is 5.55. The summed E-state index contributed by atoms with van der Waals surface area (Å²) in [6.07, 6.45) is 8.48. The number of nitrogens with two attached hydrogens (primary N) is 1. The fourth-order valence-electron chi connectivity index (χ4n) is 1.85. The van der Waals surface area contributed by atoms with Crippen molar-refractivity contribution in [3.63, 3.8) is 0 Å². The van der Waals surface area contributed by atoms with Crippen molar-refractivity contribution in [2.45, 2.75) is 31.7 Å². The molecule has 4 nitrogen and oxygen atoms in total. The number of hydrogen-bond donors (Lipinski definition) is 1. The number of aromatic nitrogens is 2. The highest BCUT2D eigenvalue weighted by atomic mass is 15.3. The van der Waals surface area contributed by atoms with Crippen LogP contribution in [0, 0.1) is 0 Å². The average molecular weight is 206 g/mol. The minimum atomic E-state index is 0.638. The van der Waals surface area contributed by atoms with Crippen molar-refractivity contribution in [2.24, 2.45) is 5.73 Å². The summed E-state index contributed by atoms with van der Waals surface area (Å²) in [5.74, 6) is 0.857. The monoisotopic (exact) mass is 206 g/mol. The molecule has 1 aliphatic rings. The summed E-state index contributed by atoms with van der Waals surface area (Å²) in [6, 6.07) is 2.49. The van der Waals surface area contributed by atoms with Crippen molar-refractivity contribution in [3.8, 4) is 0 Å². The van der Waals surface area contributed by atoms with Crippen LogP contribution in [0.3, 0.4) is 0 Å². The van der Waals surface area contributed by atoms with Crippen molar-refractivity contribution in [1.29, 1.82) is 0 Å². The van der Waals surface area contributed by atoms with Gasteiger partial charge in [0, 0.05) is 25.0 Å². The first-order chi connectivity index (χ1) is 7.42. The van der Waals surface area contributed by atoms with E-state index in [9.17, 15) is 0 Å². The Morgan fingerprint density at radius 2 is 2.07 bits per heavy atom. The van der Waals surface area contributed by atoms with Gasteiger partial charge in [0.1, 0.15) is 0 Å². The lowest BCUT2D eigenvalue weighted by atomic mass is 9.91. The van der Waals surface area contributed by atoms with Gasteiger partial charge >= 0.3 is 0 Å². The molecule has 0 radical (unpaired) electrons. The lowest BCUT2D eigenvalue weighted by molar-refractivity contribution is 0.380. The van der Waals surface area contributed by atoms with Crippen LogP contribution in [0.5, 0.6) is 0 Å². The Bertz CT molecular complexity index is 284. The highest BCUT2D eigenvalue weighted by molar-refractivity contribution is 5.31. The van der Waals surface area contributed by atoms with Gasteiger partial charge in [-0.1, -0.05) is 0 Å². The smallest absolute Gasteiger partial charge is 0.225 e. The van der Waals surface area contributed by atoms with Crippen molar-refractivity contribution >= 4 is 5.95 Å². The molecule has 1 aromatic rings. The molecule has 82 valence electrons. The van der Waals surface area contributed by atoms with Gasteiger partial charge in [0.2, 0.25) is 5.95 Å². The predicted molar refractivity (Wildman–Crippen MR) is 60.7 cm³/mol. The zero-order valence-electron chi connectivity index (χ0n) is 8.97. The minimum absolute atomic E-state index is 0.638. The second kappa shape index (κ2) is 5.07. The summed E-state index contributed by atoms with van der Waals surface area (Å²) in [4.78, 5) is 10.9. The standard InChI is InChI=1S/C11H18N4/c12-6-2-9-15(10-4-1-5-10)11-13-7-3-8-14-11/h3,7-8,10H,1-2,4-6,9,12H2. The van der Waals surface area contributed by atoms with Crippen LogP contribution < -0.4 is 10.6 Å². The first kappa shape index (κ1) is 10.4. The van der Waals surface area contributed by atoms with Crippen LogP contribution >= 0.6 is 0 Å². The molecule has 0 amide bonds. The summed E-state index contributed by atoms with van der Waals surface area (Å²) in [5, 5.41) is 0. The topological polar surface area (TPSA) is 55.0 Å². The highest BCUT2D eigenvalue weighted by Crippen LogP contribution is 2.27. The molecule has 0 unspecified atom stereocenters. The maximum atomic E-state index is 5.55. The van der Waals surface area contributed by atoms with Crippen LogP contribution in [0.2, 0.25) is 0 Å². The van der Waals surface area contributed by atoms with E-state index in [0.717, 1.165) is 25.5 Å². The predicted octanol–water partition coefficient (Wildman–Crippen LogP) is 1.18. The van der Waals surface area contributed by atoms with E-state index in [1.165, 1.54) is 19.3 Å². The Kier molecular flexibility index (Phi) is 3.50. The first-order valence-corrected chi connectivity index (χ1v) is 5.65. The number of rotatable bonds is 5. The summed E-state index contributed by atoms with van der Waals surface area (Å²) in [6.45, 7) is 1.71. The summed E-state index contributed by atoms with van der Waals surface area (Å²) >= 11 is 0. The van der Waals surface area contributed by atoms with Gasteiger partial charge in [-0.15, -0.1) is 0 Å². The van der Waals surface area contributed by atoms with Gasteiger partial charge in [0.25, 0.3) is 0 Å². The molecule has 0 spiro atoms. The Hall–Kier alpha value is -1.16. The van der Waals surface area contributed by atoms with Crippen LogP contribution in [0.15, 0.2) is 18.5 Å². The van der Waals surface area contributed by atoms with E-state index in [4.69, 9.17) is 5.73 Å². The maximum Gasteiger partial charge on any atom is 0.225 e. The van der Waals surface area contributed by atoms with Gasteiger partial charge in [-0.3, -0.25) is 0 Å². The molecule has 0 atom stereocenters. The van der Waals surface area contributed by atoms with E-state index in [1.807, 2.05) is 6.07 Å². The normalized spacial score (nSPS) is 16.1. The molecule has 1 aliphatic carbocycles. The molecule has 0 aliphatic heterocycles. The Morgan fingerprint density at radius 1 is 1.33 bits per heavy atom. The summed E-state index contributed by atoms with van der Waals surface area (Å²) < 4.78 is 0. The fraction of sp³-hybridized carbons (Fsp3) is 0.636. The molecule has 1 aromatic heterocycles. The SMILES string of the molecule is NCCCN(c1ncccn1)C1CCC1. The van der Waals surface area contributed by atoms with E-state index in [1.54, 1.807) is 12.4 Å². The summed E-state index contributed by atoms with van der Waals surface area (Å²) in [7, 11) is 0. The Labute approximate surface area is 90.5 Å². The zero-order valence-corrected chi connectivity index (χ0v) is 8.97. The molecule has 2 rings (SSSR count). The van der Waals surface area contributed by atoms with Gasteiger partial charge in [-0.2, -0.15) is 0 Å². The average Bonchev–Trinajstić information content (AvgIpc) is 2.22. The molecule has 0 bridgehead atoms. The first-order valence-electron chi connectivity index (χ1n) is 5.65. The molecule has 4 heteroatoms. The molecule has 2 N–H and O–H groups in total. The molecule has 0 aromatic carbocycles. The van der Waals surface area contributed by atoms with Crippen molar-refractivity contribution in [3.05, 3.63) is 18.5 Å². The third-order valence-electron chi connectivity index (χ3n) is 2.93. The van der Waals surface area contributed by atoms with E-state index in [2.05, 4.69) is 14.9 Å². The third-order valence-corrected chi connectivity index (χ3v) is 2.93. The molecule has 1 saturated carbocycles. The Balaban J connectivity index is 2.04. The minimum Gasteiger partial charge on any atom is -0.338 e. The van der Waals surface area contributed by atoms with Crippen LogP contribution in [-0.4, -0.2) is 29.1 Å². The second-order valence-corrected chi connectivity index (χ2v) is 3.97. The number of hydrogen-bond acceptors (Lipinski definition) is 4. The highest BCUT2D eigenvalue weighted by Gasteiger charge is 2.25. The lowest BCUT2D eigenvalue weighted by Gasteiger charge is -2.37. The summed E-state index contributed by atoms with van der Waals surface area (Å²) in [5.41, 5.74) is 5.55. The van der Waals surface area contributed by atoms with Crippen LogP contribution in [0.25, 0.3) is 0 Å². The molecule has 0 saturated heterocycles. The fourth-order valence-corrected chi connectivity index (χ4v) is 1.85. The third kappa shape index (κ3) is 2.45. The largest absolute Gasteiger partial charge is 0.338 e. The molecule has 1 heterocycles. The molecular formula is C11H18N4. The van der Waals surface area contributed by atoms with E-state index < -0.39 is 0 Å². The van der Waals surface area contributed by atoms with Crippen molar-refractivity contribution in [2.75, 3.05) is 18.0 Å². The van der Waals surface area contributed by atoms with E-state index in [0.29, 0.717) is 6.04 Å². The zero-order chi connectivity index (χ0) is 10.5. The quantitative estimate of drug-likeness (QED) is 0.786. The number of anilines is 1. The van der Waals surface area contributed by atoms with Crippen LogP contribution in [0.4, 0.5) is 5.95 Å². The van der Waals surface area contributed by atoms with E-state index >= 15 is 0 Å². The van der Waals surface area contributed by atoms with Gasteiger partial charge in [0.05, 0.1) is 0 Å². The lowest BCUT2D eigenvalue weighted by Crippen LogP contribution is -2.42. The van der Waals surface area contributed by atoms with Gasteiger partial charge < -0.3 is 10.6 Å². The van der Waals surface area contributed by atoms with Gasteiger partial charge in [-0.25, -0.2) is 9.97 Å². The number of nitrogens with zero attached hydrogens (tertiary/aromatic N) is 3. The second-order valence-electron chi connectivity index (χ2n) is 3.97. The van der Waals surface area contributed by atoms with Gasteiger partial charge in [-0.05, 0) is 38.3 Å². The molecule has 1 fully saturated rings. The molecule has 15 heavy (non-hydrogen) atoms. The molecular weight excluding hydrogens is 188 g/mol. The van der Waals surface area contributed by atoms with Crippen LogP contribution in [0.1, 0.15) is 25.7 Å². The van der Waals surface area contributed by atoms with Crippen molar-refractivity contribution in [1.82, 2.24) is 9.97 Å².